The lowest BCUT2D eigenvalue weighted by molar-refractivity contribution is 0.184. The summed E-state index contributed by atoms with van der Waals surface area (Å²) in [6, 6.07) is 0. The first-order valence-corrected chi connectivity index (χ1v) is 5.45. The van der Waals surface area contributed by atoms with Crippen molar-refractivity contribution in [2.75, 3.05) is 6.54 Å². The number of rotatable bonds is 3. The average molecular weight is 179 g/mol. The molecule has 0 heterocycles. The van der Waals surface area contributed by atoms with Crippen LogP contribution in [0.3, 0.4) is 0 Å². The molecule has 1 aliphatic rings. The van der Waals surface area contributed by atoms with Crippen molar-refractivity contribution in [3.05, 3.63) is 0 Å². The topological polar surface area (TPSA) is 26.0 Å². The van der Waals surface area contributed by atoms with Gasteiger partial charge in [0.2, 0.25) is 0 Å². The molecular formula is C12H21N. The number of terminal acetylenes is 1. The van der Waals surface area contributed by atoms with E-state index in [2.05, 4.69) is 12.8 Å². The van der Waals surface area contributed by atoms with Gasteiger partial charge in [-0.3, -0.25) is 0 Å². The second-order valence-corrected chi connectivity index (χ2v) is 4.25. The summed E-state index contributed by atoms with van der Waals surface area (Å²) in [5, 5.41) is 0. The molecule has 1 heteroatoms. The highest BCUT2D eigenvalue weighted by molar-refractivity contribution is 4.91. The summed E-state index contributed by atoms with van der Waals surface area (Å²) < 4.78 is 0. The average Bonchev–Trinajstić information content (AvgIpc) is 2.18. The first kappa shape index (κ1) is 10.6. The molecule has 0 aromatic carbocycles. The lowest BCUT2D eigenvalue weighted by atomic mass is 9.72. The molecule has 0 saturated heterocycles. The highest BCUT2D eigenvalue weighted by Crippen LogP contribution is 2.36. The molecule has 1 saturated carbocycles. The zero-order valence-corrected chi connectivity index (χ0v) is 8.63. The zero-order valence-electron chi connectivity index (χ0n) is 8.63. The van der Waals surface area contributed by atoms with Crippen LogP contribution >= 0.6 is 0 Å². The van der Waals surface area contributed by atoms with Gasteiger partial charge in [-0.15, -0.1) is 12.3 Å². The Labute approximate surface area is 82.1 Å². The Balaban J connectivity index is 2.48. The summed E-state index contributed by atoms with van der Waals surface area (Å²) in [5.74, 6) is 5.09. The van der Waals surface area contributed by atoms with Crippen molar-refractivity contribution in [1.29, 1.82) is 0 Å². The highest BCUT2D eigenvalue weighted by atomic mass is 14.6. The maximum Gasteiger partial charge on any atom is 0.0118 e. The number of nitrogens with two attached hydrogens (primary N) is 1. The predicted octanol–water partition coefficient (Wildman–Crippen LogP) is 2.41. The molecule has 1 rings (SSSR count). The summed E-state index contributed by atoms with van der Waals surface area (Å²) in [4.78, 5) is 0. The molecule has 1 aliphatic carbocycles. The van der Waals surface area contributed by atoms with Crippen molar-refractivity contribution in [3.8, 4) is 12.3 Å². The van der Waals surface area contributed by atoms with Gasteiger partial charge in [-0.25, -0.2) is 0 Å². The minimum Gasteiger partial charge on any atom is -0.330 e. The van der Waals surface area contributed by atoms with E-state index in [-0.39, 0.29) is 0 Å². The van der Waals surface area contributed by atoms with Gasteiger partial charge in [0.05, 0.1) is 0 Å². The molecule has 0 aromatic heterocycles. The van der Waals surface area contributed by atoms with Crippen molar-refractivity contribution in [2.45, 2.75) is 39.0 Å². The van der Waals surface area contributed by atoms with E-state index in [1.807, 2.05) is 0 Å². The van der Waals surface area contributed by atoms with Crippen LogP contribution in [0.5, 0.6) is 0 Å². The molecule has 13 heavy (non-hydrogen) atoms. The fourth-order valence-electron chi connectivity index (χ4n) is 2.51. The monoisotopic (exact) mass is 179 g/mol. The Hall–Kier alpha value is -0.480. The SMILES string of the molecule is C#CCC1CC(CC)CCC1CN. The second kappa shape index (κ2) is 5.29. The second-order valence-electron chi connectivity index (χ2n) is 4.25. The lowest BCUT2D eigenvalue weighted by Gasteiger charge is -2.34. The van der Waals surface area contributed by atoms with E-state index in [0.717, 1.165) is 18.9 Å². The molecule has 0 aromatic rings. The van der Waals surface area contributed by atoms with Crippen LogP contribution in [0.4, 0.5) is 0 Å². The van der Waals surface area contributed by atoms with Gasteiger partial charge in [0.1, 0.15) is 0 Å². The van der Waals surface area contributed by atoms with Gasteiger partial charge in [-0.2, -0.15) is 0 Å². The summed E-state index contributed by atoms with van der Waals surface area (Å²) >= 11 is 0. The van der Waals surface area contributed by atoms with Gasteiger partial charge < -0.3 is 5.73 Å². The maximum absolute atomic E-state index is 5.74. The molecule has 0 bridgehead atoms. The molecule has 0 aliphatic heterocycles. The predicted molar refractivity (Wildman–Crippen MR) is 57.1 cm³/mol. The number of hydrogen-bond donors (Lipinski definition) is 1. The maximum atomic E-state index is 5.74. The third-order valence-electron chi connectivity index (χ3n) is 3.51. The van der Waals surface area contributed by atoms with E-state index in [1.165, 1.54) is 25.7 Å². The first-order valence-electron chi connectivity index (χ1n) is 5.45. The summed E-state index contributed by atoms with van der Waals surface area (Å²) in [7, 11) is 0. The van der Waals surface area contributed by atoms with E-state index in [9.17, 15) is 0 Å². The quantitative estimate of drug-likeness (QED) is 0.661. The van der Waals surface area contributed by atoms with Crippen molar-refractivity contribution in [2.24, 2.45) is 23.5 Å². The van der Waals surface area contributed by atoms with Gasteiger partial charge in [-0.05, 0) is 37.1 Å². The minimum atomic E-state index is 0.693. The summed E-state index contributed by atoms with van der Waals surface area (Å²) in [6.45, 7) is 3.10. The molecule has 0 amide bonds. The van der Waals surface area contributed by atoms with Crippen molar-refractivity contribution in [3.63, 3.8) is 0 Å². The number of hydrogen-bond acceptors (Lipinski definition) is 1. The van der Waals surface area contributed by atoms with Crippen molar-refractivity contribution in [1.82, 2.24) is 0 Å². The van der Waals surface area contributed by atoms with Crippen LogP contribution in [-0.2, 0) is 0 Å². The Bertz CT molecular complexity index is 180. The van der Waals surface area contributed by atoms with Crippen LogP contribution in [0.15, 0.2) is 0 Å². The fraction of sp³-hybridized carbons (Fsp3) is 0.833. The van der Waals surface area contributed by atoms with E-state index in [4.69, 9.17) is 12.2 Å². The highest BCUT2D eigenvalue weighted by Gasteiger charge is 2.27. The zero-order chi connectivity index (χ0) is 9.68. The standard InChI is InChI=1S/C12H21N/c1-3-5-11-8-10(4-2)6-7-12(11)9-13/h1,10-12H,4-9,13H2,2H3. The van der Waals surface area contributed by atoms with Crippen molar-refractivity contribution >= 4 is 0 Å². The molecule has 0 spiro atoms. The van der Waals surface area contributed by atoms with Crippen LogP contribution in [0, 0.1) is 30.1 Å². The third-order valence-corrected chi connectivity index (χ3v) is 3.51. The van der Waals surface area contributed by atoms with E-state index in [1.54, 1.807) is 0 Å². The van der Waals surface area contributed by atoms with Gasteiger partial charge in [0.15, 0.2) is 0 Å². The lowest BCUT2D eigenvalue weighted by Crippen LogP contribution is -2.30. The Morgan fingerprint density at radius 1 is 1.38 bits per heavy atom. The van der Waals surface area contributed by atoms with Crippen LogP contribution in [-0.4, -0.2) is 6.54 Å². The van der Waals surface area contributed by atoms with Crippen LogP contribution < -0.4 is 5.73 Å². The normalized spacial score (nSPS) is 34.1. The van der Waals surface area contributed by atoms with Crippen LogP contribution in [0.1, 0.15) is 39.0 Å². The smallest absolute Gasteiger partial charge is 0.0118 e. The molecular weight excluding hydrogens is 158 g/mol. The third kappa shape index (κ3) is 2.74. The first-order chi connectivity index (χ1) is 6.31. The molecule has 3 atom stereocenters. The summed E-state index contributed by atoms with van der Waals surface area (Å²) in [6.07, 6.45) is 11.6. The Kier molecular flexibility index (Phi) is 4.32. The van der Waals surface area contributed by atoms with Gasteiger partial charge >= 0.3 is 0 Å². The van der Waals surface area contributed by atoms with Gasteiger partial charge in [0.25, 0.3) is 0 Å². The molecule has 1 fully saturated rings. The molecule has 2 N–H and O–H groups in total. The van der Waals surface area contributed by atoms with Gasteiger partial charge in [-0.1, -0.05) is 19.8 Å². The fourth-order valence-corrected chi connectivity index (χ4v) is 2.51. The van der Waals surface area contributed by atoms with E-state index in [0.29, 0.717) is 11.8 Å². The van der Waals surface area contributed by atoms with Crippen LogP contribution in [0.2, 0.25) is 0 Å². The van der Waals surface area contributed by atoms with E-state index >= 15 is 0 Å². The van der Waals surface area contributed by atoms with Gasteiger partial charge in [0, 0.05) is 6.42 Å². The van der Waals surface area contributed by atoms with E-state index < -0.39 is 0 Å². The Morgan fingerprint density at radius 2 is 2.15 bits per heavy atom. The van der Waals surface area contributed by atoms with Crippen molar-refractivity contribution < 1.29 is 0 Å². The Morgan fingerprint density at radius 3 is 2.69 bits per heavy atom. The summed E-state index contributed by atoms with van der Waals surface area (Å²) in [5.41, 5.74) is 5.74. The molecule has 3 unspecified atom stereocenters. The largest absolute Gasteiger partial charge is 0.330 e. The molecule has 1 nitrogen and oxygen atoms in total. The van der Waals surface area contributed by atoms with Crippen LogP contribution in [0.25, 0.3) is 0 Å². The molecule has 74 valence electrons. The minimum absolute atomic E-state index is 0.693. The molecule has 0 radical (unpaired) electrons.